The van der Waals surface area contributed by atoms with Crippen LogP contribution in [0.1, 0.15) is 12.8 Å². The van der Waals surface area contributed by atoms with E-state index in [0.717, 1.165) is 24.3 Å². The summed E-state index contributed by atoms with van der Waals surface area (Å²) in [4.78, 5) is 0.102. The van der Waals surface area contributed by atoms with Gasteiger partial charge in [-0.1, -0.05) is 0 Å². The van der Waals surface area contributed by atoms with Crippen LogP contribution in [0.5, 0.6) is 5.75 Å². The van der Waals surface area contributed by atoms with Gasteiger partial charge in [0.05, 0.1) is 7.11 Å². The normalized spacial score (nSPS) is 17.1. The number of nitrogen functional groups attached to an aromatic ring is 1. The lowest BCUT2D eigenvalue weighted by Crippen LogP contribution is -2.31. The molecule has 0 aliphatic carbocycles. The van der Waals surface area contributed by atoms with E-state index in [1.54, 1.807) is 12.1 Å². The van der Waals surface area contributed by atoms with E-state index in [4.69, 9.17) is 10.5 Å². The van der Waals surface area contributed by atoms with E-state index in [9.17, 15) is 8.42 Å². The van der Waals surface area contributed by atoms with Gasteiger partial charge in [0.25, 0.3) is 0 Å². The minimum absolute atomic E-state index is 0.102. The molecule has 0 amide bonds. The van der Waals surface area contributed by atoms with Crippen molar-refractivity contribution in [3.63, 3.8) is 0 Å². The van der Waals surface area contributed by atoms with Gasteiger partial charge in [0.1, 0.15) is 10.6 Å². The van der Waals surface area contributed by atoms with Crippen molar-refractivity contribution in [1.29, 1.82) is 0 Å². The molecule has 1 aliphatic heterocycles. The second-order valence-corrected chi connectivity index (χ2v) is 7.78. The van der Waals surface area contributed by atoms with Crippen molar-refractivity contribution in [2.75, 3.05) is 30.9 Å². The van der Waals surface area contributed by atoms with Gasteiger partial charge in [-0.15, -0.1) is 0 Å². The van der Waals surface area contributed by atoms with Gasteiger partial charge in [-0.25, -0.2) is 13.1 Å². The molecule has 1 aromatic carbocycles. The zero-order valence-electron chi connectivity index (χ0n) is 11.5. The third-order valence-electron chi connectivity index (χ3n) is 3.38. The van der Waals surface area contributed by atoms with Crippen LogP contribution in [0.2, 0.25) is 0 Å². The Bertz CT molecular complexity index is 555. The SMILES string of the molecule is COc1ccc(N)cc1S(=O)(=O)NCC1CCSCC1. The predicted octanol–water partition coefficient (Wildman–Crippen LogP) is 1.70. The third-order valence-corrected chi connectivity index (χ3v) is 5.87. The first-order valence-electron chi connectivity index (χ1n) is 6.54. The largest absolute Gasteiger partial charge is 0.495 e. The Labute approximate surface area is 124 Å². The minimum Gasteiger partial charge on any atom is -0.495 e. The van der Waals surface area contributed by atoms with E-state index in [0.29, 0.717) is 23.9 Å². The first-order valence-corrected chi connectivity index (χ1v) is 9.17. The Balaban J connectivity index is 2.11. The summed E-state index contributed by atoms with van der Waals surface area (Å²) in [6.45, 7) is 0.473. The summed E-state index contributed by atoms with van der Waals surface area (Å²) in [6, 6.07) is 4.62. The Morgan fingerprint density at radius 1 is 1.40 bits per heavy atom. The average Bonchev–Trinajstić information content (AvgIpc) is 2.46. The van der Waals surface area contributed by atoms with Crippen LogP contribution in [-0.4, -0.2) is 33.6 Å². The number of sulfonamides is 1. The number of hydrogen-bond acceptors (Lipinski definition) is 5. The van der Waals surface area contributed by atoms with Crippen molar-refractivity contribution in [3.05, 3.63) is 18.2 Å². The van der Waals surface area contributed by atoms with Crippen LogP contribution in [-0.2, 0) is 10.0 Å². The van der Waals surface area contributed by atoms with E-state index in [1.807, 2.05) is 11.8 Å². The fraction of sp³-hybridized carbons (Fsp3) is 0.538. The first-order chi connectivity index (χ1) is 9.53. The quantitative estimate of drug-likeness (QED) is 0.808. The summed E-state index contributed by atoms with van der Waals surface area (Å²) in [5.41, 5.74) is 6.07. The van der Waals surface area contributed by atoms with Crippen molar-refractivity contribution in [2.45, 2.75) is 17.7 Å². The molecule has 0 radical (unpaired) electrons. The fourth-order valence-electron chi connectivity index (χ4n) is 2.16. The number of hydrogen-bond donors (Lipinski definition) is 2. The Hall–Kier alpha value is -0.920. The van der Waals surface area contributed by atoms with Gasteiger partial charge >= 0.3 is 0 Å². The van der Waals surface area contributed by atoms with Gasteiger partial charge in [-0.2, -0.15) is 11.8 Å². The predicted molar refractivity (Wildman–Crippen MR) is 82.6 cm³/mol. The first kappa shape index (κ1) is 15.5. The highest BCUT2D eigenvalue weighted by Gasteiger charge is 2.22. The highest BCUT2D eigenvalue weighted by atomic mass is 32.2. The van der Waals surface area contributed by atoms with E-state index in [-0.39, 0.29) is 4.90 Å². The van der Waals surface area contributed by atoms with E-state index in [2.05, 4.69) is 4.72 Å². The van der Waals surface area contributed by atoms with E-state index in [1.165, 1.54) is 13.2 Å². The molecule has 112 valence electrons. The van der Waals surface area contributed by atoms with Crippen molar-refractivity contribution < 1.29 is 13.2 Å². The number of methoxy groups -OCH3 is 1. The molecule has 1 saturated heterocycles. The molecule has 1 aromatic rings. The molecule has 1 aliphatic rings. The van der Waals surface area contributed by atoms with Gasteiger partial charge < -0.3 is 10.5 Å². The lowest BCUT2D eigenvalue weighted by atomic mass is 10.0. The number of ether oxygens (including phenoxy) is 1. The second-order valence-electron chi connectivity index (χ2n) is 4.82. The maximum atomic E-state index is 12.4. The zero-order valence-corrected chi connectivity index (χ0v) is 13.1. The third kappa shape index (κ3) is 3.80. The fourth-order valence-corrected chi connectivity index (χ4v) is 4.68. The topological polar surface area (TPSA) is 81.4 Å². The summed E-state index contributed by atoms with van der Waals surface area (Å²) in [5.74, 6) is 2.94. The molecule has 0 bridgehead atoms. The molecule has 1 fully saturated rings. The van der Waals surface area contributed by atoms with Crippen LogP contribution in [0.15, 0.2) is 23.1 Å². The molecule has 0 saturated carbocycles. The Morgan fingerprint density at radius 2 is 2.10 bits per heavy atom. The molecule has 1 heterocycles. The maximum absolute atomic E-state index is 12.4. The number of thioether (sulfide) groups is 1. The molecular formula is C13H20N2O3S2. The molecule has 0 atom stereocenters. The van der Waals surface area contributed by atoms with E-state index >= 15 is 0 Å². The molecule has 0 spiro atoms. The molecule has 20 heavy (non-hydrogen) atoms. The number of benzene rings is 1. The van der Waals surface area contributed by atoms with Crippen molar-refractivity contribution >= 4 is 27.5 Å². The molecular weight excluding hydrogens is 296 g/mol. The number of nitrogens with two attached hydrogens (primary N) is 1. The number of anilines is 1. The van der Waals surface area contributed by atoms with Crippen molar-refractivity contribution in [2.24, 2.45) is 5.92 Å². The van der Waals surface area contributed by atoms with E-state index < -0.39 is 10.0 Å². The Morgan fingerprint density at radius 3 is 2.75 bits per heavy atom. The van der Waals surface area contributed by atoms with Gasteiger partial charge in [0.15, 0.2) is 0 Å². The van der Waals surface area contributed by atoms with Gasteiger partial charge in [-0.05, 0) is 48.5 Å². The van der Waals surface area contributed by atoms with Crippen LogP contribution >= 0.6 is 11.8 Å². The minimum atomic E-state index is -3.59. The Kier molecular flexibility index (Phi) is 5.17. The monoisotopic (exact) mass is 316 g/mol. The summed E-state index contributed by atoms with van der Waals surface area (Å²) < 4.78 is 32.5. The second kappa shape index (κ2) is 6.69. The van der Waals surface area contributed by atoms with Gasteiger partial charge in [0.2, 0.25) is 10.0 Å². The summed E-state index contributed by atoms with van der Waals surface area (Å²) >= 11 is 1.92. The van der Waals surface area contributed by atoms with Gasteiger partial charge in [-0.3, -0.25) is 0 Å². The van der Waals surface area contributed by atoms with Crippen LogP contribution in [0, 0.1) is 5.92 Å². The van der Waals surface area contributed by atoms with Crippen molar-refractivity contribution in [3.8, 4) is 5.75 Å². The lowest BCUT2D eigenvalue weighted by molar-refractivity contribution is 0.402. The number of nitrogens with one attached hydrogen (secondary N) is 1. The maximum Gasteiger partial charge on any atom is 0.244 e. The zero-order chi connectivity index (χ0) is 14.6. The molecule has 2 rings (SSSR count). The number of rotatable bonds is 5. The highest BCUT2D eigenvalue weighted by molar-refractivity contribution is 7.99. The summed E-state index contributed by atoms with van der Waals surface area (Å²) in [7, 11) is -2.14. The lowest BCUT2D eigenvalue weighted by Gasteiger charge is -2.21. The van der Waals surface area contributed by atoms with Crippen LogP contribution in [0.3, 0.4) is 0 Å². The average molecular weight is 316 g/mol. The smallest absolute Gasteiger partial charge is 0.244 e. The van der Waals surface area contributed by atoms with Crippen LogP contribution < -0.4 is 15.2 Å². The summed E-state index contributed by atoms with van der Waals surface area (Å²) in [5, 5.41) is 0. The molecule has 3 N–H and O–H groups in total. The highest BCUT2D eigenvalue weighted by Crippen LogP contribution is 2.27. The van der Waals surface area contributed by atoms with Gasteiger partial charge in [0, 0.05) is 12.2 Å². The molecule has 0 aromatic heterocycles. The van der Waals surface area contributed by atoms with Crippen LogP contribution in [0.25, 0.3) is 0 Å². The molecule has 7 heteroatoms. The standard InChI is InChI=1S/C13H20N2O3S2/c1-18-12-3-2-11(14)8-13(12)20(16,17)15-9-10-4-6-19-7-5-10/h2-3,8,10,15H,4-7,9,14H2,1H3. The van der Waals surface area contributed by atoms with Crippen molar-refractivity contribution in [1.82, 2.24) is 4.72 Å². The summed E-state index contributed by atoms with van der Waals surface area (Å²) in [6.07, 6.45) is 2.11. The molecule has 0 unspecified atom stereocenters. The molecule has 5 nitrogen and oxygen atoms in total. The van der Waals surface area contributed by atoms with Crippen LogP contribution in [0.4, 0.5) is 5.69 Å².